The zero-order valence-electron chi connectivity index (χ0n) is 13.1. The van der Waals surface area contributed by atoms with Gasteiger partial charge in [0.2, 0.25) is 0 Å². The van der Waals surface area contributed by atoms with Gasteiger partial charge in [0.1, 0.15) is 5.56 Å². The summed E-state index contributed by atoms with van der Waals surface area (Å²) in [5.74, 6) is -1.17. The maximum Gasteiger partial charge on any atom is 0.341 e. The number of hydrogen-bond donors (Lipinski definition) is 1. The Kier molecular flexibility index (Phi) is 7.97. The number of aromatic nitrogens is 1. The van der Waals surface area contributed by atoms with Gasteiger partial charge < -0.3 is 9.67 Å². The Morgan fingerprint density at radius 2 is 1.77 bits per heavy atom. The van der Waals surface area contributed by atoms with E-state index in [4.69, 9.17) is 5.11 Å². The molecule has 0 spiro atoms. The Morgan fingerprint density at radius 3 is 2.41 bits per heavy atom. The van der Waals surface area contributed by atoms with Gasteiger partial charge in [-0.2, -0.15) is 0 Å². The Labute approximate surface area is 131 Å². The van der Waals surface area contributed by atoms with Gasteiger partial charge in [-0.05, 0) is 25.7 Å². The number of pyridine rings is 1. The summed E-state index contributed by atoms with van der Waals surface area (Å²) in [5, 5.41) is 9.13. The first kappa shape index (κ1) is 18.0. The molecule has 1 aromatic heterocycles. The van der Waals surface area contributed by atoms with E-state index in [1.165, 1.54) is 12.6 Å². The molecular weight excluding hydrogens is 278 g/mol. The van der Waals surface area contributed by atoms with Crippen LogP contribution in [-0.4, -0.2) is 15.6 Å². The van der Waals surface area contributed by atoms with Crippen LogP contribution in [0.4, 0.5) is 0 Å². The molecule has 22 heavy (non-hydrogen) atoms. The fraction of sp³-hybridized carbons (Fsp3) is 0.444. The number of hydrogen-bond acceptors (Lipinski definition) is 2. The van der Waals surface area contributed by atoms with Gasteiger partial charge in [0, 0.05) is 24.5 Å². The quantitative estimate of drug-likeness (QED) is 0.499. The fourth-order valence-electron chi connectivity index (χ4n) is 2.41. The third kappa shape index (κ3) is 5.72. The molecule has 0 saturated heterocycles. The van der Waals surface area contributed by atoms with Crippen LogP contribution in [0.3, 0.4) is 0 Å². The lowest BCUT2D eigenvalue weighted by atomic mass is 10.0. The molecule has 1 N–H and O–H groups in total. The summed E-state index contributed by atoms with van der Waals surface area (Å²) in [6.45, 7) is 7.83. The number of unbranched alkanes of at least 4 members (excludes halogenated alkanes) is 5. The number of carboxylic acids is 1. The maximum absolute atomic E-state index is 12.1. The van der Waals surface area contributed by atoms with E-state index < -0.39 is 5.97 Å². The van der Waals surface area contributed by atoms with Crippen LogP contribution in [0.15, 0.2) is 42.5 Å². The first-order valence-corrected chi connectivity index (χ1v) is 7.78. The van der Waals surface area contributed by atoms with E-state index in [0.29, 0.717) is 18.5 Å². The van der Waals surface area contributed by atoms with Gasteiger partial charge in [-0.15, -0.1) is 13.2 Å². The summed E-state index contributed by atoms with van der Waals surface area (Å²) in [5.41, 5.74) is 0.0534. The smallest absolute Gasteiger partial charge is 0.341 e. The van der Waals surface area contributed by atoms with Crippen LogP contribution in [0, 0.1) is 0 Å². The van der Waals surface area contributed by atoms with Gasteiger partial charge in [0.25, 0.3) is 0 Å². The Bertz CT molecular complexity index is 572. The van der Waals surface area contributed by atoms with Crippen molar-refractivity contribution in [3.8, 4) is 0 Å². The lowest BCUT2D eigenvalue weighted by molar-refractivity contribution is 0.0694. The Hall–Kier alpha value is -2.10. The lowest BCUT2D eigenvalue weighted by Gasteiger charge is -2.09. The van der Waals surface area contributed by atoms with Crippen molar-refractivity contribution in [1.82, 2.24) is 4.57 Å². The maximum atomic E-state index is 12.1. The van der Waals surface area contributed by atoms with E-state index in [0.717, 1.165) is 32.1 Å². The van der Waals surface area contributed by atoms with Gasteiger partial charge in [0.15, 0.2) is 5.43 Å². The Morgan fingerprint density at radius 1 is 1.09 bits per heavy atom. The molecule has 0 aliphatic rings. The molecule has 1 aromatic rings. The van der Waals surface area contributed by atoms with Crippen LogP contribution in [-0.2, 0) is 13.0 Å². The fourth-order valence-corrected chi connectivity index (χ4v) is 2.41. The van der Waals surface area contributed by atoms with E-state index in [2.05, 4.69) is 13.2 Å². The molecule has 4 heteroatoms. The van der Waals surface area contributed by atoms with Gasteiger partial charge >= 0.3 is 5.97 Å². The molecule has 0 aliphatic heterocycles. The normalized spacial score (nSPS) is 10.4. The molecule has 1 heterocycles. The van der Waals surface area contributed by atoms with Crippen LogP contribution < -0.4 is 5.43 Å². The summed E-state index contributed by atoms with van der Waals surface area (Å²) in [6, 6.07) is 0. The number of rotatable bonds is 11. The standard InChI is InChI=1S/C18H25NO3/c1-3-5-6-7-8-9-10-11-15-13-19(12-4-2)14-16(17(15)20)18(21)22/h3-4,13-14H,1-2,5-12H2,(H,21,22). The van der Waals surface area contributed by atoms with Gasteiger partial charge in [-0.1, -0.05) is 31.4 Å². The Balaban J connectivity index is 2.64. The van der Waals surface area contributed by atoms with Crippen molar-refractivity contribution in [1.29, 1.82) is 0 Å². The molecule has 0 atom stereocenters. The summed E-state index contributed by atoms with van der Waals surface area (Å²) >= 11 is 0. The number of carboxylic acid groups (broad SMARTS) is 1. The number of nitrogens with zero attached hydrogens (tertiary/aromatic N) is 1. The largest absolute Gasteiger partial charge is 0.477 e. The molecule has 4 nitrogen and oxygen atoms in total. The molecule has 1 rings (SSSR count). The SMILES string of the molecule is C=CCCCCCCCc1cn(CC=C)cc(C(=O)O)c1=O. The van der Waals surface area contributed by atoms with Crippen LogP contribution >= 0.6 is 0 Å². The van der Waals surface area contributed by atoms with Gasteiger partial charge in [-0.3, -0.25) is 4.79 Å². The first-order chi connectivity index (χ1) is 10.6. The summed E-state index contributed by atoms with van der Waals surface area (Å²) < 4.78 is 1.71. The molecule has 0 aliphatic carbocycles. The van der Waals surface area contributed by atoms with Crippen LogP contribution in [0.25, 0.3) is 0 Å². The predicted octanol–water partition coefficient (Wildman–Crippen LogP) is 3.80. The molecule has 120 valence electrons. The monoisotopic (exact) mass is 303 g/mol. The molecule has 0 saturated carbocycles. The van der Waals surface area contributed by atoms with Crippen molar-refractivity contribution < 1.29 is 9.90 Å². The first-order valence-electron chi connectivity index (χ1n) is 7.78. The second-order valence-corrected chi connectivity index (χ2v) is 5.41. The van der Waals surface area contributed by atoms with Crippen LogP contribution in [0.2, 0.25) is 0 Å². The average molecular weight is 303 g/mol. The molecule has 0 amide bonds. The highest BCUT2D eigenvalue weighted by molar-refractivity contribution is 5.87. The number of aryl methyl sites for hydroxylation is 1. The summed E-state index contributed by atoms with van der Waals surface area (Å²) in [7, 11) is 0. The van der Waals surface area contributed by atoms with Crippen molar-refractivity contribution in [3.05, 3.63) is 59.1 Å². The van der Waals surface area contributed by atoms with Crippen LogP contribution in [0.1, 0.15) is 54.4 Å². The second-order valence-electron chi connectivity index (χ2n) is 5.41. The van der Waals surface area contributed by atoms with Crippen molar-refractivity contribution in [2.45, 2.75) is 51.5 Å². The van der Waals surface area contributed by atoms with Crippen molar-refractivity contribution in [3.63, 3.8) is 0 Å². The minimum atomic E-state index is -1.17. The molecule has 0 unspecified atom stereocenters. The van der Waals surface area contributed by atoms with E-state index in [1.54, 1.807) is 16.8 Å². The number of carbonyl (C=O) groups is 1. The minimum absolute atomic E-state index is 0.162. The van der Waals surface area contributed by atoms with Crippen molar-refractivity contribution in [2.75, 3.05) is 0 Å². The zero-order valence-corrected chi connectivity index (χ0v) is 13.1. The third-order valence-electron chi connectivity index (χ3n) is 3.58. The molecule has 0 fully saturated rings. The highest BCUT2D eigenvalue weighted by Crippen LogP contribution is 2.09. The summed E-state index contributed by atoms with van der Waals surface area (Å²) in [6.07, 6.45) is 13.8. The molecule has 0 aromatic carbocycles. The summed E-state index contributed by atoms with van der Waals surface area (Å²) in [4.78, 5) is 23.3. The van der Waals surface area contributed by atoms with E-state index in [9.17, 15) is 9.59 Å². The molecular formula is C18H25NO3. The van der Waals surface area contributed by atoms with Crippen molar-refractivity contribution >= 4 is 5.97 Å². The predicted molar refractivity (Wildman–Crippen MR) is 89.5 cm³/mol. The third-order valence-corrected chi connectivity index (χ3v) is 3.58. The van der Waals surface area contributed by atoms with Gasteiger partial charge in [0.05, 0.1) is 0 Å². The number of aromatic carboxylic acids is 1. The zero-order chi connectivity index (χ0) is 16.4. The number of allylic oxidation sites excluding steroid dienone is 2. The minimum Gasteiger partial charge on any atom is -0.477 e. The molecule has 0 bridgehead atoms. The molecule has 0 radical (unpaired) electrons. The second kappa shape index (κ2) is 9.77. The van der Waals surface area contributed by atoms with Crippen LogP contribution in [0.5, 0.6) is 0 Å². The highest BCUT2D eigenvalue weighted by atomic mass is 16.4. The highest BCUT2D eigenvalue weighted by Gasteiger charge is 2.13. The topological polar surface area (TPSA) is 59.3 Å². The lowest BCUT2D eigenvalue weighted by Crippen LogP contribution is -2.21. The van der Waals surface area contributed by atoms with E-state index in [1.807, 2.05) is 6.08 Å². The van der Waals surface area contributed by atoms with E-state index in [-0.39, 0.29) is 11.0 Å². The van der Waals surface area contributed by atoms with E-state index >= 15 is 0 Å². The average Bonchev–Trinajstić information content (AvgIpc) is 2.49. The van der Waals surface area contributed by atoms with Gasteiger partial charge in [-0.25, -0.2) is 4.79 Å². The van der Waals surface area contributed by atoms with Crippen molar-refractivity contribution in [2.24, 2.45) is 0 Å².